The van der Waals surface area contributed by atoms with Crippen LogP contribution in [0.3, 0.4) is 0 Å². The van der Waals surface area contributed by atoms with Gasteiger partial charge in [0.2, 0.25) is 5.91 Å². The molecule has 3 atom stereocenters. The van der Waals surface area contributed by atoms with Gasteiger partial charge in [0.05, 0.1) is 18.0 Å². The zero-order valence-electron chi connectivity index (χ0n) is 17.0. The smallest absolute Gasteiger partial charge is 0.266 e. The van der Waals surface area contributed by atoms with Crippen LogP contribution in [0, 0.1) is 5.92 Å². The van der Waals surface area contributed by atoms with E-state index in [4.69, 9.17) is 9.57 Å². The zero-order valence-corrected chi connectivity index (χ0v) is 17.8. The van der Waals surface area contributed by atoms with Crippen LogP contribution in [0.2, 0.25) is 0 Å². The second-order valence-corrected chi connectivity index (χ2v) is 8.51. The predicted octanol–water partition coefficient (Wildman–Crippen LogP) is 4.59. The van der Waals surface area contributed by atoms with E-state index in [9.17, 15) is 9.59 Å². The van der Waals surface area contributed by atoms with E-state index < -0.39 is 12.0 Å². The molecule has 0 unspecified atom stereocenters. The maximum absolute atomic E-state index is 13.5. The number of anilines is 2. The van der Waals surface area contributed by atoms with Crippen LogP contribution < -0.4 is 14.7 Å². The fourth-order valence-electron chi connectivity index (χ4n) is 4.13. The summed E-state index contributed by atoms with van der Waals surface area (Å²) >= 11 is 1.56. The van der Waals surface area contributed by atoms with Gasteiger partial charge >= 0.3 is 0 Å². The van der Waals surface area contributed by atoms with Crippen LogP contribution >= 0.6 is 11.3 Å². The minimum absolute atomic E-state index is 0.242. The Bertz CT molecular complexity index is 1070. The minimum Gasteiger partial charge on any atom is -0.494 e. The highest BCUT2D eigenvalue weighted by Crippen LogP contribution is 2.48. The number of carbonyl (C=O) groups is 2. The fourth-order valence-corrected chi connectivity index (χ4v) is 4.98. The van der Waals surface area contributed by atoms with Crippen LogP contribution in [0.4, 0.5) is 11.4 Å². The molecule has 0 bridgehead atoms. The Hall–Kier alpha value is -3.16. The number of rotatable bonds is 6. The molecule has 1 aromatic heterocycles. The number of hydrogen-bond donors (Lipinski definition) is 0. The van der Waals surface area contributed by atoms with Crippen LogP contribution in [0.15, 0.2) is 72.1 Å². The van der Waals surface area contributed by atoms with Crippen molar-refractivity contribution >= 4 is 34.5 Å². The first-order valence-corrected chi connectivity index (χ1v) is 11.2. The average Bonchev–Trinajstić information content (AvgIpc) is 3.51. The summed E-state index contributed by atoms with van der Waals surface area (Å²) < 4.78 is 5.61. The van der Waals surface area contributed by atoms with Crippen molar-refractivity contribution in [3.05, 3.63) is 77.0 Å². The van der Waals surface area contributed by atoms with Crippen LogP contribution in [0.5, 0.6) is 5.75 Å². The van der Waals surface area contributed by atoms with E-state index >= 15 is 0 Å². The van der Waals surface area contributed by atoms with Gasteiger partial charge in [-0.3, -0.25) is 14.4 Å². The number of benzene rings is 2. The summed E-state index contributed by atoms with van der Waals surface area (Å²) in [5.74, 6) is -0.471. The van der Waals surface area contributed by atoms with Gasteiger partial charge in [-0.2, -0.15) is 0 Å². The Balaban J connectivity index is 1.47. The zero-order chi connectivity index (χ0) is 21.4. The quantitative estimate of drug-likeness (QED) is 0.531. The number of hydroxylamine groups is 1. The van der Waals surface area contributed by atoms with Crippen molar-refractivity contribution in [1.82, 2.24) is 0 Å². The van der Waals surface area contributed by atoms with E-state index in [-0.39, 0.29) is 17.9 Å². The second-order valence-electron chi connectivity index (χ2n) is 7.53. The summed E-state index contributed by atoms with van der Waals surface area (Å²) in [4.78, 5) is 35.1. The summed E-state index contributed by atoms with van der Waals surface area (Å²) in [5.41, 5.74) is 1.35. The Labute approximate surface area is 184 Å². The molecule has 2 aromatic carbocycles. The Kier molecular flexibility index (Phi) is 5.21. The molecule has 158 valence electrons. The molecule has 31 heavy (non-hydrogen) atoms. The van der Waals surface area contributed by atoms with Crippen molar-refractivity contribution in [2.24, 2.45) is 5.92 Å². The van der Waals surface area contributed by atoms with E-state index in [1.807, 2.05) is 54.8 Å². The first-order chi connectivity index (χ1) is 15.2. The number of para-hydroxylation sites is 1. The summed E-state index contributed by atoms with van der Waals surface area (Å²) in [7, 11) is 0. The maximum Gasteiger partial charge on any atom is 0.266 e. The molecule has 2 fully saturated rings. The monoisotopic (exact) mass is 434 g/mol. The number of thiophene rings is 1. The van der Waals surface area contributed by atoms with E-state index in [2.05, 4.69) is 0 Å². The summed E-state index contributed by atoms with van der Waals surface area (Å²) in [5, 5.41) is 3.69. The van der Waals surface area contributed by atoms with Gasteiger partial charge in [0.25, 0.3) is 5.91 Å². The van der Waals surface area contributed by atoms with Crippen LogP contribution in [0.25, 0.3) is 0 Å². The molecule has 2 aliphatic rings. The van der Waals surface area contributed by atoms with Gasteiger partial charge in [-0.15, -0.1) is 11.3 Å². The van der Waals surface area contributed by atoms with Crippen LogP contribution in [-0.4, -0.2) is 24.5 Å². The summed E-state index contributed by atoms with van der Waals surface area (Å²) in [6.45, 7) is 2.66. The third-order valence-electron chi connectivity index (χ3n) is 5.53. The molecule has 0 radical (unpaired) electrons. The number of imide groups is 1. The number of nitrogens with zero attached hydrogens (tertiary/aromatic N) is 2. The number of hydrogen-bond acceptors (Lipinski definition) is 6. The van der Waals surface area contributed by atoms with E-state index in [0.717, 1.165) is 17.0 Å². The third kappa shape index (κ3) is 3.40. The molecule has 2 amide bonds. The minimum atomic E-state index is -0.851. The van der Waals surface area contributed by atoms with E-state index in [0.29, 0.717) is 18.0 Å². The molecular formula is C24H22N2O4S. The van der Waals surface area contributed by atoms with Crippen molar-refractivity contribution in [2.75, 3.05) is 16.6 Å². The molecule has 3 aromatic rings. The number of ether oxygens (including phenoxy) is 1. The molecule has 3 heterocycles. The molecule has 5 rings (SSSR count). The van der Waals surface area contributed by atoms with E-state index in [1.54, 1.807) is 40.7 Å². The maximum atomic E-state index is 13.5. The van der Waals surface area contributed by atoms with Crippen molar-refractivity contribution in [3.8, 4) is 5.75 Å². The fraction of sp³-hybridized carbons (Fsp3) is 0.250. The third-order valence-corrected chi connectivity index (χ3v) is 6.47. The lowest BCUT2D eigenvalue weighted by Gasteiger charge is -2.27. The molecule has 0 saturated carbocycles. The Morgan fingerprint density at radius 2 is 1.71 bits per heavy atom. The first kappa shape index (κ1) is 19.8. The van der Waals surface area contributed by atoms with Gasteiger partial charge in [0.15, 0.2) is 6.10 Å². The van der Waals surface area contributed by atoms with Crippen molar-refractivity contribution in [2.45, 2.75) is 25.5 Å². The molecule has 2 aliphatic heterocycles. The van der Waals surface area contributed by atoms with Crippen LogP contribution in [-0.2, 0) is 14.4 Å². The topological polar surface area (TPSA) is 59.1 Å². The predicted molar refractivity (Wildman–Crippen MR) is 119 cm³/mol. The van der Waals surface area contributed by atoms with Crippen molar-refractivity contribution in [3.63, 3.8) is 0 Å². The average molecular weight is 435 g/mol. The summed E-state index contributed by atoms with van der Waals surface area (Å²) in [6, 6.07) is 20.2. The Morgan fingerprint density at radius 3 is 2.39 bits per heavy atom. The molecule has 7 heteroatoms. The highest BCUT2D eigenvalue weighted by molar-refractivity contribution is 7.10. The Morgan fingerprint density at radius 1 is 0.935 bits per heavy atom. The lowest BCUT2D eigenvalue weighted by molar-refractivity contribution is -0.126. The van der Waals surface area contributed by atoms with E-state index in [1.165, 1.54) is 4.90 Å². The molecule has 0 N–H and O–H groups in total. The van der Waals surface area contributed by atoms with Crippen molar-refractivity contribution < 1.29 is 19.2 Å². The van der Waals surface area contributed by atoms with Gasteiger partial charge in [-0.25, -0.2) is 9.96 Å². The summed E-state index contributed by atoms with van der Waals surface area (Å²) in [6.07, 6.45) is 0.0592. The lowest BCUT2D eigenvalue weighted by atomic mass is 9.95. The highest BCUT2D eigenvalue weighted by atomic mass is 32.1. The van der Waals surface area contributed by atoms with Gasteiger partial charge in [-0.05, 0) is 54.3 Å². The normalized spacial score (nSPS) is 22.8. The number of carbonyl (C=O) groups excluding carboxylic acids is 2. The van der Waals surface area contributed by atoms with Crippen molar-refractivity contribution in [1.29, 1.82) is 0 Å². The van der Waals surface area contributed by atoms with Gasteiger partial charge in [-0.1, -0.05) is 31.2 Å². The van der Waals surface area contributed by atoms with Crippen LogP contribution in [0.1, 0.15) is 24.3 Å². The first-order valence-electron chi connectivity index (χ1n) is 10.3. The molecule has 0 spiro atoms. The number of fused-ring (bicyclic) bond motifs is 1. The SMILES string of the molecule is CCCOc1ccc(N2C(=O)[C@@H]3[C@H](ON(c4ccccc4)[C@@H]3c3cccs3)C2=O)cc1. The van der Waals surface area contributed by atoms with Gasteiger partial charge in [0, 0.05) is 4.88 Å². The van der Waals surface area contributed by atoms with Gasteiger partial charge in [0.1, 0.15) is 17.7 Å². The molecule has 2 saturated heterocycles. The van der Waals surface area contributed by atoms with Gasteiger partial charge < -0.3 is 4.74 Å². The molecular weight excluding hydrogens is 412 g/mol. The lowest BCUT2D eigenvalue weighted by Crippen LogP contribution is -2.37. The second kappa shape index (κ2) is 8.17. The standard InChI is InChI=1S/C24H22N2O4S/c1-2-14-29-18-12-10-16(11-13-18)25-23(27)20-21(19-9-6-15-31-19)26(30-22(20)24(25)28)17-7-4-3-5-8-17/h3-13,15,20-22H,2,14H2,1H3/t20-,21+,22-/m0/s1. The highest BCUT2D eigenvalue weighted by Gasteiger charge is 2.60. The molecule has 0 aliphatic carbocycles. The number of amides is 2. The largest absolute Gasteiger partial charge is 0.494 e. The molecule has 6 nitrogen and oxygen atoms in total.